The molecule has 1 aliphatic heterocycles. The average molecular weight is 697 g/mol. The Morgan fingerprint density at radius 3 is 2.28 bits per heavy atom. The number of pyridine rings is 1. The summed E-state index contributed by atoms with van der Waals surface area (Å²) in [6.45, 7) is 8.96. The maximum atomic E-state index is 13.7. The van der Waals surface area contributed by atoms with E-state index in [1.165, 1.54) is 28.5 Å². The van der Waals surface area contributed by atoms with Gasteiger partial charge in [-0.25, -0.2) is 17.2 Å². The van der Waals surface area contributed by atoms with E-state index >= 15 is 0 Å². The van der Waals surface area contributed by atoms with Crippen molar-refractivity contribution < 1.29 is 22.7 Å². The van der Waals surface area contributed by atoms with Crippen molar-refractivity contribution in [2.45, 2.75) is 63.9 Å². The molecule has 0 bridgehead atoms. The molecular weight excluding hydrogens is 653 g/mol. The minimum Gasteiger partial charge on any atom is -0.457 e. The van der Waals surface area contributed by atoms with Gasteiger partial charge in [0.15, 0.2) is 0 Å². The van der Waals surface area contributed by atoms with Gasteiger partial charge >= 0.3 is 6.09 Å². The maximum Gasteiger partial charge on any atom is 0.410 e. The molecule has 1 fully saturated rings. The van der Waals surface area contributed by atoms with Gasteiger partial charge in [0.1, 0.15) is 22.6 Å². The number of anilines is 1. The fourth-order valence-corrected chi connectivity index (χ4v) is 7.71. The largest absolute Gasteiger partial charge is 0.457 e. The number of nitrogen functional groups attached to an aromatic ring is 1. The number of carbonyl (C=O) groups excluding carboxylic acids is 1. The van der Waals surface area contributed by atoms with Crippen LogP contribution < -0.4 is 16.0 Å². The number of hydrogen-bond donors (Lipinski definition) is 1. The molecule has 1 amide bonds. The molecule has 6 rings (SSSR count). The third kappa shape index (κ3) is 7.42. The van der Waals surface area contributed by atoms with Crippen LogP contribution in [-0.2, 0) is 28.2 Å². The molecule has 10 nitrogen and oxygen atoms in total. The number of carbonyl (C=O) groups is 1. The molecule has 1 saturated heterocycles. The molecule has 0 spiro atoms. The monoisotopic (exact) mass is 696 g/mol. The third-order valence-corrected chi connectivity index (χ3v) is 10.8. The van der Waals surface area contributed by atoms with Crippen LogP contribution in [-0.4, -0.2) is 46.6 Å². The highest BCUT2D eigenvalue weighted by Gasteiger charge is 2.27. The Kier molecular flexibility index (Phi) is 9.54. The highest BCUT2D eigenvalue weighted by Crippen LogP contribution is 2.39. The van der Waals surface area contributed by atoms with Gasteiger partial charge in [0, 0.05) is 54.7 Å². The maximum absolute atomic E-state index is 13.7. The first kappa shape index (κ1) is 34.8. The molecule has 3 aromatic carbocycles. The number of aryl methyl sites for hydroxylation is 3. The van der Waals surface area contributed by atoms with E-state index in [1.807, 2.05) is 44.7 Å². The summed E-state index contributed by atoms with van der Waals surface area (Å²) in [6.07, 6.45) is 6.73. The van der Waals surface area contributed by atoms with E-state index in [0.717, 1.165) is 35.2 Å². The quantitative estimate of drug-likeness (QED) is 0.167. The van der Waals surface area contributed by atoms with E-state index < -0.39 is 21.2 Å². The number of nitrogens with two attached hydrogens (primary N) is 1. The summed E-state index contributed by atoms with van der Waals surface area (Å²) in [7, 11) is -2.45. The molecule has 2 aromatic heterocycles. The standard InChI is InChI=1S/C39H44N4O6S/c1-26-6-15-31(16-7-26)50(46,47)43-23-20-32-34(25-41(5)37(44)36(32)43)33-24-29(40)12-17-35(33)48-30-13-10-27(11-14-30)8-9-28-18-21-42(22-19-28)38(45)49-39(2,3)4/h6-7,10-17,20,23-25,28H,8-9,18-19,21-22,40H2,1-5H3. The van der Waals surface area contributed by atoms with Crippen molar-refractivity contribution in [2.24, 2.45) is 13.0 Å². The Morgan fingerprint density at radius 1 is 0.940 bits per heavy atom. The van der Waals surface area contributed by atoms with Crippen LogP contribution in [0.15, 0.2) is 94.9 Å². The van der Waals surface area contributed by atoms with Gasteiger partial charge in [0.05, 0.1) is 4.90 Å². The molecule has 1 aliphatic rings. The van der Waals surface area contributed by atoms with Crippen molar-refractivity contribution in [2.75, 3.05) is 18.8 Å². The van der Waals surface area contributed by atoms with Crippen LogP contribution in [0.2, 0.25) is 0 Å². The van der Waals surface area contributed by atoms with Crippen molar-refractivity contribution in [1.29, 1.82) is 0 Å². The summed E-state index contributed by atoms with van der Waals surface area (Å²) in [6, 6.07) is 21.4. The van der Waals surface area contributed by atoms with Gasteiger partial charge in [-0.05, 0) is 113 Å². The first-order chi connectivity index (χ1) is 23.7. The molecule has 3 heterocycles. The molecule has 262 valence electrons. The molecule has 0 radical (unpaired) electrons. The summed E-state index contributed by atoms with van der Waals surface area (Å²) in [5, 5.41) is 0.464. The van der Waals surface area contributed by atoms with Crippen molar-refractivity contribution >= 4 is 32.7 Å². The molecule has 5 aromatic rings. The second kappa shape index (κ2) is 13.7. The van der Waals surface area contributed by atoms with Crippen molar-refractivity contribution in [3.05, 3.63) is 107 Å². The van der Waals surface area contributed by atoms with Gasteiger partial charge in [0.25, 0.3) is 15.6 Å². The second-order valence-corrected chi connectivity index (χ2v) is 15.9. The number of nitrogens with zero attached hydrogens (tertiary/aromatic N) is 3. The van der Waals surface area contributed by atoms with Gasteiger partial charge in [0.2, 0.25) is 0 Å². The van der Waals surface area contributed by atoms with Crippen LogP contribution >= 0.6 is 0 Å². The Morgan fingerprint density at radius 2 is 1.62 bits per heavy atom. The lowest BCUT2D eigenvalue weighted by Crippen LogP contribution is -2.41. The fourth-order valence-electron chi connectivity index (χ4n) is 6.37. The van der Waals surface area contributed by atoms with E-state index in [4.69, 9.17) is 15.2 Å². The zero-order valence-electron chi connectivity index (χ0n) is 29.2. The predicted molar refractivity (Wildman–Crippen MR) is 196 cm³/mol. The lowest BCUT2D eigenvalue weighted by atomic mass is 9.90. The first-order valence-electron chi connectivity index (χ1n) is 16.9. The second-order valence-electron chi connectivity index (χ2n) is 14.1. The highest BCUT2D eigenvalue weighted by atomic mass is 32.2. The van der Waals surface area contributed by atoms with E-state index in [9.17, 15) is 18.0 Å². The highest BCUT2D eigenvalue weighted by molar-refractivity contribution is 7.90. The summed E-state index contributed by atoms with van der Waals surface area (Å²) in [5.74, 6) is 1.69. The van der Waals surface area contributed by atoms with Gasteiger partial charge in [-0.3, -0.25) is 4.79 Å². The molecule has 0 unspecified atom stereocenters. The van der Waals surface area contributed by atoms with Crippen LogP contribution in [0, 0.1) is 12.8 Å². The molecular formula is C39H44N4O6S. The molecule has 0 saturated carbocycles. The van der Waals surface area contributed by atoms with Crippen molar-refractivity contribution in [1.82, 2.24) is 13.4 Å². The molecule has 50 heavy (non-hydrogen) atoms. The lowest BCUT2D eigenvalue weighted by molar-refractivity contribution is 0.0181. The third-order valence-electron chi connectivity index (χ3n) is 9.12. The Hall–Kier alpha value is -5.03. The van der Waals surface area contributed by atoms with E-state index in [-0.39, 0.29) is 16.5 Å². The molecule has 0 atom stereocenters. The normalized spacial score (nSPS) is 14.2. The summed E-state index contributed by atoms with van der Waals surface area (Å²) in [5.41, 5.74) is 9.19. The smallest absolute Gasteiger partial charge is 0.410 e. The number of rotatable bonds is 8. The van der Waals surface area contributed by atoms with Crippen LogP contribution in [0.4, 0.5) is 10.5 Å². The first-order valence-corrected chi connectivity index (χ1v) is 18.3. The number of piperidine rings is 1. The van der Waals surface area contributed by atoms with Gasteiger partial charge < -0.3 is 24.7 Å². The summed E-state index contributed by atoms with van der Waals surface area (Å²) < 4.78 is 41.7. The zero-order chi connectivity index (χ0) is 35.8. The lowest BCUT2D eigenvalue weighted by Gasteiger charge is -2.33. The Labute approximate surface area is 293 Å². The number of ether oxygens (including phenoxy) is 2. The summed E-state index contributed by atoms with van der Waals surface area (Å²) >= 11 is 0. The minimum atomic E-state index is -4.05. The predicted octanol–water partition coefficient (Wildman–Crippen LogP) is 7.51. The van der Waals surface area contributed by atoms with Crippen molar-refractivity contribution in [3.8, 4) is 22.6 Å². The SMILES string of the molecule is Cc1ccc(S(=O)(=O)n2ccc3c(-c4cc(N)ccc4Oc4ccc(CCC5CCN(C(=O)OC(C)(C)C)CC5)cc4)cn(C)c(=O)c32)cc1. The Bertz CT molecular complexity index is 2190. The number of likely N-dealkylation sites (tertiary alicyclic amines) is 1. The number of aromatic nitrogens is 2. The van der Waals surface area contributed by atoms with Gasteiger partial charge in [-0.15, -0.1) is 0 Å². The molecule has 0 aliphatic carbocycles. The van der Waals surface area contributed by atoms with Crippen molar-refractivity contribution in [3.63, 3.8) is 0 Å². The zero-order valence-corrected chi connectivity index (χ0v) is 30.0. The van der Waals surface area contributed by atoms with Crippen LogP contribution in [0.3, 0.4) is 0 Å². The van der Waals surface area contributed by atoms with Crippen LogP contribution in [0.1, 0.15) is 51.2 Å². The summed E-state index contributed by atoms with van der Waals surface area (Å²) in [4.78, 5) is 27.8. The van der Waals surface area contributed by atoms with Gasteiger partial charge in [-0.1, -0.05) is 29.8 Å². The minimum absolute atomic E-state index is 0.0406. The van der Waals surface area contributed by atoms with E-state index in [1.54, 1.807) is 49.6 Å². The number of amides is 1. The number of hydrogen-bond acceptors (Lipinski definition) is 7. The fraction of sp³-hybridized carbons (Fsp3) is 0.333. The van der Waals surface area contributed by atoms with Crippen LogP contribution in [0.5, 0.6) is 11.5 Å². The van der Waals surface area contributed by atoms with E-state index in [0.29, 0.717) is 52.7 Å². The average Bonchev–Trinajstić information content (AvgIpc) is 3.53. The number of benzene rings is 3. The topological polar surface area (TPSA) is 126 Å². The van der Waals surface area contributed by atoms with E-state index in [2.05, 4.69) is 12.1 Å². The molecule has 2 N–H and O–H groups in total. The van der Waals surface area contributed by atoms with Gasteiger partial charge in [-0.2, -0.15) is 0 Å². The Balaban J connectivity index is 1.20. The van der Waals surface area contributed by atoms with Crippen LogP contribution in [0.25, 0.3) is 22.0 Å². The molecule has 11 heteroatoms. The number of fused-ring (bicyclic) bond motifs is 1.